The Morgan fingerprint density at radius 1 is 0.966 bits per heavy atom. The maximum Gasteiger partial charge on any atom is 0.418 e. The number of hydrogen-bond donors (Lipinski definition) is 5. The Labute approximate surface area is 335 Å². The molecule has 0 saturated carbocycles. The van der Waals surface area contributed by atoms with Gasteiger partial charge in [-0.15, -0.1) is 0 Å². The number of methoxy groups -OCH3 is 1. The quantitative estimate of drug-likeness (QED) is 0.0673. The highest BCUT2D eigenvalue weighted by Gasteiger charge is 2.46. The van der Waals surface area contributed by atoms with Crippen molar-refractivity contribution in [1.29, 1.82) is 0 Å². The van der Waals surface area contributed by atoms with Crippen LogP contribution < -0.4 is 20.7 Å². The molecule has 5 rings (SSSR count). The van der Waals surface area contributed by atoms with Gasteiger partial charge in [-0.1, -0.05) is 83.9 Å². The number of H-pyrrole nitrogens is 1. The molecule has 3 atom stereocenters. The number of hydrogen-bond acceptors (Lipinski definition) is 7. The molecule has 0 aliphatic heterocycles. The van der Waals surface area contributed by atoms with Crippen LogP contribution in [-0.2, 0) is 56.0 Å². The largest absolute Gasteiger partial charge is 0.504 e. The van der Waals surface area contributed by atoms with Crippen LogP contribution in [0.4, 0.5) is 17.6 Å². The van der Waals surface area contributed by atoms with Crippen LogP contribution in [0, 0.1) is 17.7 Å². The average molecular weight is 813 g/mol. The first-order chi connectivity index (χ1) is 27.4. The highest BCUT2D eigenvalue weighted by Crippen LogP contribution is 2.40. The number of esters is 1. The molecule has 1 aromatic heterocycles. The summed E-state index contributed by atoms with van der Waals surface area (Å²) in [6.07, 6.45) is -3.51. The smallest absolute Gasteiger partial charge is 0.418 e. The molecule has 4 aromatic rings. The van der Waals surface area contributed by atoms with Gasteiger partial charge in [-0.2, -0.15) is 13.2 Å². The third-order valence-corrected chi connectivity index (χ3v) is 10.4. The first-order valence-corrected chi connectivity index (χ1v) is 19.3. The van der Waals surface area contributed by atoms with Crippen molar-refractivity contribution < 1.29 is 51.3 Å². The van der Waals surface area contributed by atoms with E-state index in [1.165, 1.54) is 56.0 Å². The van der Waals surface area contributed by atoms with E-state index >= 15 is 0 Å². The maximum atomic E-state index is 14.4. The van der Waals surface area contributed by atoms with Crippen LogP contribution >= 0.6 is 0 Å². The lowest BCUT2D eigenvalue weighted by Gasteiger charge is -2.38. The second-order valence-electron chi connectivity index (χ2n) is 14.9. The number of halogens is 4. The van der Waals surface area contributed by atoms with Crippen LogP contribution in [0.2, 0.25) is 0 Å². The number of phenols is 1. The predicted octanol–water partition coefficient (Wildman–Crippen LogP) is 7.07. The normalized spacial score (nSPS) is 16.0. The average Bonchev–Trinajstić information content (AvgIpc) is 3.56. The Morgan fingerprint density at radius 2 is 1.67 bits per heavy atom. The zero-order chi connectivity index (χ0) is 42.8. The molecule has 3 aromatic carbocycles. The predicted molar refractivity (Wildman–Crippen MR) is 210 cm³/mol. The molecule has 1 unspecified atom stereocenters. The number of carbonyl (C=O) groups is 4. The van der Waals surface area contributed by atoms with Crippen LogP contribution in [0.3, 0.4) is 0 Å². The lowest BCUT2D eigenvalue weighted by Crippen LogP contribution is -2.65. The molecule has 1 heterocycles. The van der Waals surface area contributed by atoms with E-state index < -0.39 is 65.3 Å². The summed E-state index contributed by atoms with van der Waals surface area (Å²) in [6.45, 7) is 9.33. The van der Waals surface area contributed by atoms with Gasteiger partial charge in [0.1, 0.15) is 24.0 Å². The molecule has 0 bridgehead atoms. The number of phenolic OH excluding ortho intramolecular Hbond substituents is 1. The number of aromatic amines is 1. The number of aryl methyl sites for hydroxylation is 1. The van der Waals surface area contributed by atoms with E-state index in [9.17, 15) is 41.8 Å². The minimum absolute atomic E-state index is 0.0636. The number of aromatic hydroxyl groups is 1. The van der Waals surface area contributed by atoms with Crippen molar-refractivity contribution >= 4 is 34.6 Å². The lowest BCUT2D eigenvalue weighted by atomic mass is 9.78. The third-order valence-electron chi connectivity index (χ3n) is 10.4. The third kappa shape index (κ3) is 11.3. The fourth-order valence-electron chi connectivity index (χ4n) is 6.45. The van der Waals surface area contributed by atoms with Gasteiger partial charge in [0, 0.05) is 17.5 Å². The zero-order valence-corrected chi connectivity index (χ0v) is 33.6. The van der Waals surface area contributed by atoms with Crippen molar-refractivity contribution in [3.63, 3.8) is 0 Å². The lowest BCUT2D eigenvalue weighted by molar-refractivity contribution is -0.151. The molecule has 3 amide bonds. The number of alkyl halides is 3. The summed E-state index contributed by atoms with van der Waals surface area (Å²) in [7, 11) is 1.39. The summed E-state index contributed by atoms with van der Waals surface area (Å²) >= 11 is 0. The summed E-state index contributed by atoms with van der Waals surface area (Å²) in [5.74, 6) is -3.11. The van der Waals surface area contributed by atoms with Crippen LogP contribution in [-0.4, -0.2) is 59.0 Å². The fourth-order valence-corrected chi connectivity index (χ4v) is 6.45. The Kier molecular flexibility index (Phi) is 15.3. The van der Waals surface area contributed by atoms with E-state index in [4.69, 9.17) is 9.47 Å². The Morgan fingerprint density at radius 3 is 2.29 bits per heavy atom. The molecule has 0 spiro atoms. The molecule has 314 valence electrons. The first-order valence-electron chi connectivity index (χ1n) is 19.3. The summed E-state index contributed by atoms with van der Waals surface area (Å²) in [4.78, 5) is 56.8. The number of rotatable bonds is 14. The first kappa shape index (κ1) is 45.1. The van der Waals surface area contributed by atoms with Crippen LogP contribution in [0.25, 0.3) is 10.9 Å². The summed E-state index contributed by atoms with van der Waals surface area (Å²) in [5.41, 5.74) is -1.39. The fraction of sp³-hybridized carbons (Fsp3) is 0.442. The van der Waals surface area contributed by atoms with E-state index in [1.54, 1.807) is 26.0 Å². The molecule has 5 N–H and O–H groups in total. The van der Waals surface area contributed by atoms with Crippen LogP contribution in [0.5, 0.6) is 11.5 Å². The topological polar surface area (TPSA) is 159 Å². The van der Waals surface area contributed by atoms with E-state index in [-0.39, 0.29) is 60.3 Å². The van der Waals surface area contributed by atoms with Gasteiger partial charge in [0.05, 0.1) is 31.2 Å². The van der Waals surface area contributed by atoms with Gasteiger partial charge in [0.2, 0.25) is 17.7 Å². The van der Waals surface area contributed by atoms with Gasteiger partial charge >= 0.3 is 12.1 Å². The number of amides is 3. The number of nitrogens with one attached hydrogen (secondary N) is 4. The highest BCUT2D eigenvalue weighted by atomic mass is 19.4. The Hall–Kier alpha value is -5.60. The molecular formula is C43H52F4N4O7. The molecule has 1 aliphatic rings. The minimum atomic E-state index is -4.66. The van der Waals surface area contributed by atoms with E-state index in [0.717, 1.165) is 12.0 Å². The molecule has 0 saturated heterocycles. The monoisotopic (exact) mass is 812 g/mol. The Bertz CT molecular complexity index is 2080. The van der Waals surface area contributed by atoms with Gasteiger partial charge in [-0.3, -0.25) is 14.4 Å². The van der Waals surface area contributed by atoms with Gasteiger partial charge in [-0.25, -0.2) is 9.18 Å². The molecule has 0 fully saturated rings. The van der Waals surface area contributed by atoms with Crippen LogP contribution in [0.15, 0.2) is 60.7 Å². The SMILES string of the molecule is CCC(C)C.CCC(C)[C@H](NC(=O)[C@@]1(NC(=O)CNC(=O)Cc2ccccc2F)CCc2[nH]c3c(C(F)(F)F)cccc3c2C1)C(=O)OCc1ccc(OC)c(O)c1. The molecule has 58 heavy (non-hydrogen) atoms. The second kappa shape index (κ2) is 19.7. The second-order valence-corrected chi connectivity index (χ2v) is 14.9. The zero-order valence-electron chi connectivity index (χ0n) is 33.6. The molecule has 11 nitrogen and oxygen atoms in total. The Balaban J connectivity index is 0.00000140. The number of carbonyl (C=O) groups excluding carboxylic acids is 4. The summed E-state index contributed by atoms with van der Waals surface area (Å²) < 4.78 is 66.5. The van der Waals surface area contributed by atoms with Crippen molar-refractivity contribution in [2.24, 2.45) is 11.8 Å². The van der Waals surface area contributed by atoms with Crippen molar-refractivity contribution in [3.05, 3.63) is 94.4 Å². The van der Waals surface area contributed by atoms with Crippen molar-refractivity contribution in [2.75, 3.05) is 13.7 Å². The molecule has 15 heteroatoms. The van der Waals surface area contributed by atoms with Crippen molar-refractivity contribution in [2.45, 2.75) is 97.5 Å². The van der Waals surface area contributed by atoms with Gasteiger partial charge in [0.15, 0.2) is 11.5 Å². The van der Waals surface area contributed by atoms with Gasteiger partial charge in [-0.05, 0) is 65.6 Å². The van der Waals surface area contributed by atoms with Gasteiger partial charge < -0.3 is 35.5 Å². The molecular weight excluding hydrogens is 760 g/mol. The standard InChI is InChI=1S/C38H40F4N4O7.C5H12/c1-4-21(2)33(35(50)53-20-22-12-13-30(52-3)29(47)16-22)45-36(51)37(46-32(49)19-43-31(48)17-23-8-5-6-11-27(23)39)15-14-28-25(18-37)24-9-7-10-26(34(24)44-28)38(40,41)42;1-4-5(2)3/h5-13,16,21,33,44,47H,4,14-15,17-20H2,1-3H3,(H,43,48)(H,45,51)(H,46,49);5H,4H2,1-3H3/t21?,33-,37+;/m0./s1. The molecule has 1 aliphatic carbocycles. The van der Waals surface area contributed by atoms with E-state index in [0.29, 0.717) is 23.2 Å². The summed E-state index contributed by atoms with van der Waals surface area (Å²) in [6, 6.07) is 12.6. The number of fused-ring (bicyclic) bond motifs is 3. The summed E-state index contributed by atoms with van der Waals surface area (Å²) in [5, 5.41) is 18.2. The molecule has 0 radical (unpaired) electrons. The van der Waals surface area contributed by atoms with Crippen molar-refractivity contribution in [3.8, 4) is 11.5 Å². The minimum Gasteiger partial charge on any atom is -0.504 e. The number of aromatic nitrogens is 1. The number of ether oxygens (including phenoxy) is 2. The van der Waals surface area contributed by atoms with E-state index in [2.05, 4.69) is 41.7 Å². The highest BCUT2D eigenvalue weighted by molar-refractivity contribution is 5.97. The number of para-hydroxylation sites is 1. The van der Waals surface area contributed by atoms with Crippen molar-refractivity contribution in [1.82, 2.24) is 20.9 Å². The van der Waals surface area contributed by atoms with Gasteiger partial charge in [0.25, 0.3) is 0 Å². The number of benzene rings is 3. The van der Waals surface area contributed by atoms with Crippen LogP contribution in [0.1, 0.15) is 81.8 Å². The maximum absolute atomic E-state index is 14.4. The van der Waals surface area contributed by atoms with E-state index in [1.807, 2.05) is 0 Å².